The highest BCUT2D eigenvalue weighted by Crippen LogP contribution is 2.71. The summed E-state index contributed by atoms with van der Waals surface area (Å²) in [6.45, 7) is 13.7. The molecule has 1 N–H and O–H groups in total. The Morgan fingerprint density at radius 3 is 2.45 bits per heavy atom. The molecule has 1 aromatic rings. The van der Waals surface area contributed by atoms with E-state index in [-0.39, 0.29) is 30.9 Å². The largest absolute Gasteiger partial charge is 0.396 e. The molecule has 0 aromatic heterocycles. The van der Waals surface area contributed by atoms with Gasteiger partial charge in [-0.1, -0.05) is 30.7 Å². The monoisotopic (exact) mass is 587 g/mol. The van der Waals surface area contributed by atoms with Gasteiger partial charge in [0.2, 0.25) is 11.8 Å². The number of rotatable bonds is 14. The minimum absolute atomic E-state index is 0.00865. The third-order valence-corrected chi connectivity index (χ3v) is 10.9. The lowest BCUT2D eigenvalue weighted by Crippen LogP contribution is -2.55. The van der Waals surface area contributed by atoms with Gasteiger partial charge in [-0.2, -0.15) is 0 Å². The lowest BCUT2D eigenvalue weighted by atomic mass is 9.66. The van der Waals surface area contributed by atoms with Gasteiger partial charge < -0.3 is 19.8 Å². The summed E-state index contributed by atoms with van der Waals surface area (Å²) >= 11 is 7.83. The van der Waals surface area contributed by atoms with Crippen molar-refractivity contribution in [3.63, 3.8) is 0 Å². The molecule has 0 aliphatic carbocycles. The molecule has 3 aliphatic rings. The van der Waals surface area contributed by atoms with Crippen LogP contribution in [0.15, 0.2) is 49.6 Å². The average molecular weight is 588 g/mol. The van der Waals surface area contributed by atoms with Crippen LogP contribution in [0.2, 0.25) is 5.02 Å². The molecule has 3 amide bonds. The van der Waals surface area contributed by atoms with Gasteiger partial charge in [-0.25, -0.2) is 0 Å². The standard InChI is InChI=1S/C31H42ClN3O4S/c1-5-17-33(18-6-2)27(37)24-25-28(38)35(20-9-8-10-21-36)26(31(25)16-15-30(24,4)40-31)29(39)34(19-7-3)23-13-11-22(32)12-14-23/h5,7,11-14,24-26,36H,1,3,6,8-10,15-21H2,2,4H3/t24-,25+,26?,30+,31?/m1/s1. The number of amides is 3. The molecule has 1 spiro atoms. The molecular formula is C31H42ClN3O4S. The number of unbranched alkanes of at least 4 members (excludes halogenated alkanes) is 2. The van der Waals surface area contributed by atoms with Gasteiger partial charge >= 0.3 is 0 Å². The number of aliphatic hydroxyl groups excluding tert-OH is 1. The Morgan fingerprint density at radius 1 is 1.12 bits per heavy atom. The number of benzene rings is 1. The first kappa shape index (κ1) is 30.7. The number of fused-ring (bicyclic) bond motifs is 1. The topological polar surface area (TPSA) is 81.2 Å². The summed E-state index contributed by atoms with van der Waals surface area (Å²) in [5.41, 5.74) is 0.693. The molecule has 2 bridgehead atoms. The fourth-order valence-electron chi connectivity index (χ4n) is 7.03. The first-order valence-electron chi connectivity index (χ1n) is 14.4. The van der Waals surface area contributed by atoms with Gasteiger partial charge in [0.1, 0.15) is 6.04 Å². The summed E-state index contributed by atoms with van der Waals surface area (Å²) in [5, 5.41) is 9.87. The van der Waals surface area contributed by atoms with Crippen molar-refractivity contribution in [2.45, 2.75) is 67.9 Å². The van der Waals surface area contributed by atoms with Crippen LogP contribution in [0.3, 0.4) is 0 Å². The minimum atomic E-state index is -0.696. The van der Waals surface area contributed by atoms with Crippen LogP contribution in [-0.4, -0.2) is 80.9 Å². The van der Waals surface area contributed by atoms with Crippen molar-refractivity contribution in [1.82, 2.24) is 9.80 Å². The van der Waals surface area contributed by atoms with E-state index in [9.17, 15) is 19.5 Å². The maximum absolute atomic E-state index is 14.6. The van der Waals surface area contributed by atoms with Crippen molar-refractivity contribution >= 4 is 46.8 Å². The molecule has 3 fully saturated rings. The fourth-order valence-corrected chi connectivity index (χ4v) is 9.50. The van der Waals surface area contributed by atoms with Gasteiger partial charge in [-0.3, -0.25) is 14.4 Å². The van der Waals surface area contributed by atoms with Crippen molar-refractivity contribution in [2.75, 3.05) is 37.7 Å². The lowest BCUT2D eigenvalue weighted by Gasteiger charge is -2.38. The molecule has 5 atom stereocenters. The van der Waals surface area contributed by atoms with Crippen LogP contribution in [0, 0.1) is 11.8 Å². The molecule has 218 valence electrons. The van der Waals surface area contributed by atoms with E-state index >= 15 is 0 Å². The third kappa shape index (κ3) is 5.35. The molecular weight excluding hydrogens is 546 g/mol. The van der Waals surface area contributed by atoms with Gasteiger partial charge in [0.05, 0.1) is 16.6 Å². The molecule has 40 heavy (non-hydrogen) atoms. The van der Waals surface area contributed by atoms with Crippen LogP contribution in [0.25, 0.3) is 0 Å². The van der Waals surface area contributed by atoms with Gasteiger partial charge in [0.25, 0.3) is 5.91 Å². The highest BCUT2D eigenvalue weighted by molar-refractivity contribution is 8.02. The van der Waals surface area contributed by atoms with Crippen LogP contribution < -0.4 is 4.90 Å². The molecule has 2 unspecified atom stereocenters. The zero-order chi connectivity index (χ0) is 29.1. The zero-order valence-corrected chi connectivity index (χ0v) is 25.3. The molecule has 1 aromatic carbocycles. The minimum Gasteiger partial charge on any atom is -0.396 e. The Hall–Kier alpha value is -2.29. The molecule has 9 heteroatoms. The van der Waals surface area contributed by atoms with Crippen molar-refractivity contribution in [2.24, 2.45) is 11.8 Å². The lowest BCUT2D eigenvalue weighted by molar-refractivity contribution is -0.145. The maximum atomic E-state index is 14.6. The Balaban J connectivity index is 1.77. The van der Waals surface area contributed by atoms with Crippen molar-refractivity contribution in [3.05, 3.63) is 54.6 Å². The summed E-state index contributed by atoms with van der Waals surface area (Å²) in [6.07, 6.45) is 7.80. The van der Waals surface area contributed by atoms with Gasteiger partial charge in [-0.05, 0) is 69.7 Å². The first-order chi connectivity index (χ1) is 19.2. The van der Waals surface area contributed by atoms with Crippen molar-refractivity contribution in [1.29, 1.82) is 0 Å². The van der Waals surface area contributed by atoms with E-state index in [0.29, 0.717) is 49.6 Å². The predicted octanol–water partition coefficient (Wildman–Crippen LogP) is 4.93. The summed E-state index contributed by atoms with van der Waals surface area (Å²) < 4.78 is -1.10. The summed E-state index contributed by atoms with van der Waals surface area (Å²) in [4.78, 5) is 48.4. The fraction of sp³-hybridized carbons (Fsp3) is 0.581. The molecule has 3 heterocycles. The Labute approximate surface area is 247 Å². The smallest absolute Gasteiger partial charge is 0.251 e. The number of carbonyl (C=O) groups is 3. The quantitative estimate of drug-likeness (QED) is 0.247. The maximum Gasteiger partial charge on any atom is 0.251 e. The SMILES string of the molecule is C=CCN(CCC)C(=O)[C@H]1[C@H]2C(=O)N(CCCCCO)C(C(=O)N(CC=C)c3ccc(Cl)cc3)C23CC[C@]1(C)S3. The Kier molecular flexibility index (Phi) is 9.74. The van der Waals surface area contributed by atoms with Crippen LogP contribution in [0.4, 0.5) is 5.69 Å². The first-order valence-corrected chi connectivity index (χ1v) is 15.6. The number of nitrogens with zero attached hydrogens (tertiary/aromatic N) is 3. The summed E-state index contributed by atoms with van der Waals surface area (Å²) in [5.74, 6) is -1.31. The number of hydrogen-bond acceptors (Lipinski definition) is 5. The number of hydrogen-bond donors (Lipinski definition) is 1. The second-order valence-corrected chi connectivity index (χ2v) is 13.7. The number of aliphatic hydroxyl groups is 1. The predicted molar refractivity (Wildman–Crippen MR) is 162 cm³/mol. The number of anilines is 1. The Morgan fingerprint density at radius 2 is 1.82 bits per heavy atom. The van der Waals surface area contributed by atoms with Crippen LogP contribution >= 0.6 is 23.4 Å². The van der Waals surface area contributed by atoms with E-state index in [2.05, 4.69) is 20.1 Å². The van der Waals surface area contributed by atoms with Gasteiger partial charge in [0, 0.05) is 48.2 Å². The Bertz CT molecular complexity index is 1130. The van der Waals surface area contributed by atoms with Crippen LogP contribution in [0.5, 0.6) is 0 Å². The third-order valence-electron chi connectivity index (χ3n) is 8.70. The van der Waals surface area contributed by atoms with Crippen LogP contribution in [0.1, 0.15) is 52.4 Å². The van der Waals surface area contributed by atoms with E-state index in [4.69, 9.17) is 11.6 Å². The second kappa shape index (κ2) is 12.7. The van der Waals surface area contributed by atoms with Gasteiger partial charge in [0.15, 0.2) is 0 Å². The molecule has 3 aliphatic heterocycles. The van der Waals surface area contributed by atoms with Crippen molar-refractivity contribution < 1.29 is 19.5 Å². The van der Waals surface area contributed by atoms with E-state index in [1.165, 1.54) is 0 Å². The highest BCUT2D eigenvalue weighted by Gasteiger charge is 2.77. The van der Waals surface area contributed by atoms with Gasteiger partial charge in [-0.15, -0.1) is 24.9 Å². The van der Waals surface area contributed by atoms with E-state index in [1.54, 1.807) is 45.8 Å². The van der Waals surface area contributed by atoms with E-state index in [0.717, 1.165) is 19.3 Å². The normalized spacial score (nSPS) is 28.4. The molecule has 0 saturated carbocycles. The summed E-state index contributed by atoms with van der Waals surface area (Å²) in [6, 6.07) is 6.43. The summed E-state index contributed by atoms with van der Waals surface area (Å²) in [7, 11) is 0. The highest BCUT2D eigenvalue weighted by atomic mass is 35.5. The number of carbonyl (C=O) groups excluding carboxylic acids is 3. The molecule has 4 rings (SSSR count). The zero-order valence-electron chi connectivity index (χ0n) is 23.7. The van der Waals surface area contributed by atoms with E-state index < -0.39 is 27.4 Å². The molecule has 0 radical (unpaired) electrons. The molecule has 7 nitrogen and oxygen atoms in total. The number of likely N-dealkylation sites (tertiary alicyclic amines) is 1. The molecule has 3 saturated heterocycles. The van der Waals surface area contributed by atoms with Crippen LogP contribution in [-0.2, 0) is 14.4 Å². The number of thioether (sulfide) groups is 1. The average Bonchev–Trinajstić information content (AvgIpc) is 3.50. The second-order valence-electron chi connectivity index (χ2n) is 11.3. The van der Waals surface area contributed by atoms with Crippen molar-refractivity contribution in [3.8, 4) is 0 Å². The van der Waals surface area contributed by atoms with E-state index in [1.807, 2.05) is 24.0 Å². The number of halogens is 1.